The second kappa shape index (κ2) is 3.23. The van der Waals surface area contributed by atoms with Crippen molar-refractivity contribution < 1.29 is 4.79 Å². The lowest BCUT2D eigenvalue weighted by molar-refractivity contribution is -0.120. The van der Waals surface area contributed by atoms with Crippen molar-refractivity contribution in [3.63, 3.8) is 0 Å². The van der Waals surface area contributed by atoms with E-state index in [0.717, 1.165) is 43.9 Å². The lowest BCUT2D eigenvalue weighted by Gasteiger charge is -2.17. The van der Waals surface area contributed by atoms with Crippen LogP contribution in [0, 0.1) is 5.41 Å². The molecule has 0 saturated heterocycles. The molecule has 0 atom stereocenters. The summed E-state index contributed by atoms with van der Waals surface area (Å²) in [4.78, 5) is 11.9. The monoisotopic (exact) mass is 220 g/mol. The maximum Gasteiger partial charge on any atom is 0.230 e. The van der Waals surface area contributed by atoms with E-state index in [-0.39, 0.29) is 11.3 Å². The molecule has 2 heterocycles. The van der Waals surface area contributed by atoms with Gasteiger partial charge < -0.3 is 10.6 Å². The summed E-state index contributed by atoms with van der Waals surface area (Å²) < 4.78 is 1.91. The van der Waals surface area contributed by atoms with Crippen LogP contribution in [0.15, 0.2) is 6.20 Å². The highest BCUT2D eigenvalue weighted by atomic mass is 16.2. The third-order valence-corrected chi connectivity index (χ3v) is 3.47. The van der Waals surface area contributed by atoms with E-state index in [2.05, 4.69) is 15.7 Å². The lowest BCUT2D eigenvalue weighted by atomic mass is 10.1. The van der Waals surface area contributed by atoms with Crippen molar-refractivity contribution in [1.29, 1.82) is 0 Å². The van der Waals surface area contributed by atoms with Crippen molar-refractivity contribution in [3.8, 4) is 0 Å². The smallest absolute Gasteiger partial charge is 0.230 e. The van der Waals surface area contributed by atoms with Crippen LogP contribution in [-0.4, -0.2) is 22.2 Å². The van der Waals surface area contributed by atoms with Gasteiger partial charge in [-0.1, -0.05) is 6.92 Å². The Labute approximate surface area is 94.2 Å². The lowest BCUT2D eigenvalue weighted by Crippen LogP contribution is -2.23. The Balaban J connectivity index is 1.79. The topological polar surface area (TPSA) is 59.0 Å². The van der Waals surface area contributed by atoms with Crippen molar-refractivity contribution in [2.75, 3.05) is 17.2 Å². The zero-order valence-corrected chi connectivity index (χ0v) is 9.42. The van der Waals surface area contributed by atoms with Gasteiger partial charge in [-0.3, -0.25) is 4.79 Å². The molecule has 0 unspecified atom stereocenters. The van der Waals surface area contributed by atoms with Crippen molar-refractivity contribution in [2.45, 2.75) is 32.7 Å². The number of hydrogen-bond acceptors (Lipinski definition) is 3. The fourth-order valence-corrected chi connectivity index (χ4v) is 1.96. The largest absolute Gasteiger partial charge is 0.368 e. The number of aromatic nitrogens is 2. The maximum absolute atomic E-state index is 11.9. The SMILES string of the molecule is CC1(C(=O)Nc2cnn3c2NCCC3)CC1. The number of rotatable bonds is 2. The van der Waals surface area contributed by atoms with Crippen LogP contribution < -0.4 is 10.6 Å². The average Bonchev–Trinajstić information content (AvgIpc) is 2.92. The normalized spacial score (nSPS) is 20.8. The van der Waals surface area contributed by atoms with E-state index in [0.29, 0.717) is 0 Å². The maximum atomic E-state index is 11.9. The van der Waals surface area contributed by atoms with E-state index in [1.807, 2.05) is 11.6 Å². The quantitative estimate of drug-likeness (QED) is 0.792. The molecule has 0 radical (unpaired) electrons. The fraction of sp³-hybridized carbons (Fsp3) is 0.636. The van der Waals surface area contributed by atoms with E-state index < -0.39 is 0 Å². The molecule has 16 heavy (non-hydrogen) atoms. The molecule has 2 N–H and O–H groups in total. The minimum atomic E-state index is -0.135. The molecule has 1 aliphatic carbocycles. The summed E-state index contributed by atoms with van der Waals surface area (Å²) in [5, 5.41) is 10.5. The van der Waals surface area contributed by atoms with Crippen molar-refractivity contribution in [1.82, 2.24) is 9.78 Å². The van der Waals surface area contributed by atoms with Crippen LogP contribution in [0.2, 0.25) is 0 Å². The Morgan fingerprint density at radius 3 is 3.19 bits per heavy atom. The summed E-state index contributed by atoms with van der Waals surface area (Å²) in [5.41, 5.74) is 0.682. The van der Waals surface area contributed by atoms with Crippen LogP contribution in [-0.2, 0) is 11.3 Å². The molecule has 1 aliphatic heterocycles. The molecule has 1 amide bonds. The molecule has 0 aromatic carbocycles. The second-order valence-corrected chi connectivity index (χ2v) is 4.93. The van der Waals surface area contributed by atoms with E-state index in [4.69, 9.17) is 0 Å². The molecule has 0 spiro atoms. The Hall–Kier alpha value is -1.52. The van der Waals surface area contributed by atoms with Crippen LogP contribution >= 0.6 is 0 Å². The van der Waals surface area contributed by atoms with Crippen LogP contribution in [0.3, 0.4) is 0 Å². The molecule has 1 saturated carbocycles. The standard InChI is InChI=1S/C11H16N4O/c1-11(3-4-11)10(16)14-8-7-13-15-6-2-5-12-9(8)15/h7,12H,2-6H2,1H3,(H,14,16). The fourth-order valence-electron chi connectivity index (χ4n) is 1.96. The molecule has 5 nitrogen and oxygen atoms in total. The number of hydrogen-bond donors (Lipinski definition) is 2. The van der Waals surface area contributed by atoms with Gasteiger partial charge in [0.05, 0.1) is 6.20 Å². The summed E-state index contributed by atoms with van der Waals surface area (Å²) in [5.74, 6) is 1.07. The van der Waals surface area contributed by atoms with Gasteiger partial charge in [-0.25, -0.2) is 4.68 Å². The Bertz CT molecular complexity index is 433. The Morgan fingerprint density at radius 2 is 2.44 bits per heavy atom. The summed E-state index contributed by atoms with van der Waals surface area (Å²) >= 11 is 0. The van der Waals surface area contributed by atoms with Gasteiger partial charge in [-0.2, -0.15) is 5.10 Å². The highest BCUT2D eigenvalue weighted by molar-refractivity contribution is 5.98. The molecule has 1 aromatic rings. The van der Waals surface area contributed by atoms with E-state index in [1.54, 1.807) is 6.20 Å². The van der Waals surface area contributed by atoms with Crippen LogP contribution in [0.5, 0.6) is 0 Å². The third-order valence-electron chi connectivity index (χ3n) is 3.47. The molecule has 1 fully saturated rings. The van der Waals surface area contributed by atoms with E-state index >= 15 is 0 Å². The molecule has 3 rings (SSSR count). The molecule has 86 valence electrons. The van der Waals surface area contributed by atoms with Crippen molar-refractivity contribution in [2.24, 2.45) is 5.41 Å². The molecule has 2 aliphatic rings. The van der Waals surface area contributed by atoms with Gasteiger partial charge >= 0.3 is 0 Å². The number of carbonyl (C=O) groups excluding carboxylic acids is 1. The number of amides is 1. The van der Waals surface area contributed by atoms with Crippen molar-refractivity contribution in [3.05, 3.63) is 6.20 Å². The van der Waals surface area contributed by atoms with Gasteiger partial charge in [-0.05, 0) is 19.3 Å². The van der Waals surface area contributed by atoms with Crippen LogP contribution in [0.1, 0.15) is 26.2 Å². The zero-order chi connectivity index (χ0) is 11.2. The first-order valence-corrected chi connectivity index (χ1v) is 5.80. The Morgan fingerprint density at radius 1 is 1.62 bits per heavy atom. The number of fused-ring (bicyclic) bond motifs is 1. The number of nitrogens with one attached hydrogen (secondary N) is 2. The van der Waals surface area contributed by atoms with Crippen LogP contribution in [0.25, 0.3) is 0 Å². The minimum absolute atomic E-state index is 0.121. The van der Waals surface area contributed by atoms with Gasteiger partial charge in [0, 0.05) is 18.5 Å². The summed E-state index contributed by atoms with van der Waals surface area (Å²) in [6.07, 6.45) is 4.81. The molecule has 0 bridgehead atoms. The molecular formula is C11H16N4O. The summed E-state index contributed by atoms with van der Waals surface area (Å²) in [7, 11) is 0. The number of aryl methyl sites for hydroxylation is 1. The second-order valence-electron chi connectivity index (χ2n) is 4.93. The van der Waals surface area contributed by atoms with Gasteiger partial charge in [0.1, 0.15) is 11.5 Å². The number of nitrogens with zero attached hydrogens (tertiary/aromatic N) is 2. The summed E-state index contributed by atoms with van der Waals surface area (Å²) in [6, 6.07) is 0. The van der Waals surface area contributed by atoms with Gasteiger partial charge in [0.15, 0.2) is 0 Å². The zero-order valence-electron chi connectivity index (χ0n) is 9.42. The van der Waals surface area contributed by atoms with Gasteiger partial charge in [-0.15, -0.1) is 0 Å². The first-order valence-electron chi connectivity index (χ1n) is 5.80. The van der Waals surface area contributed by atoms with Crippen LogP contribution in [0.4, 0.5) is 11.5 Å². The molecule has 5 heteroatoms. The van der Waals surface area contributed by atoms with Gasteiger partial charge in [0.2, 0.25) is 5.91 Å². The minimum Gasteiger partial charge on any atom is -0.368 e. The number of carbonyl (C=O) groups is 1. The van der Waals surface area contributed by atoms with E-state index in [9.17, 15) is 4.79 Å². The van der Waals surface area contributed by atoms with E-state index in [1.165, 1.54) is 0 Å². The first kappa shape index (κ1) is 9.69. The predicted octanol–water partition coefficient (Wildman–Crippen LogP) is 1.44. The van der Waals surface area contributed by atoms with Crippen molar-refractivity contribution >= 4 is 17.4 Å². The molecule has 1 aromatic heterocycles. The average molecular weight is 220 g/mol. The Kier molecular flexibility index (Phi) is 1.96. The summed E-state index contributed by atoms with van der Waals surface area (Å²) in [6.45, 7) is 3.88. The van der Waals surface area contributed by atoms with Gasteiger partial charge in [0.25, 0.3) is 0 Å². The predicted molar refractivity (Wildman–Crippen MR) is 61.3 cm³/mol. The number of anilines is 2. The first-order chi connectivity index (χ1) is 7.69. The highest BCUT2D eigenvalue weighted by Crippen LogP contribution is 2.46. The highest BCUT2D eigenvalue weighted by Gasteiger charge is 2.45. The molecular weight excluding hydrogens is 204 g/mol. The third kappa shape index (κ3) is 1.47.